The fraction of sp³-hybridized carbons (Fsp3) is 1.00. The van der Waals surface area contributed by atoms with E-state index in [2.05, 4.69) is 5.32 Å². The highest BCUT2D eigenvalue weighted by molar-refractivity contribution is 4.78. The Bertz CT molecular complexity index is 181. The monoisotopic (exact) mass is 225 g/mol. The lowest BCUT2D eigenvalue weighted by atomic mass is 9.85. The van der Waals surface area contributed by atoms with Crippen LogP contribution in [0.4, 0.5) is 0 Å². The van der Waals surface area contributed by atoms with Crippen molar-refractivity contribution in [2.75, 3.05) is 13.2 Å². The van der Waals surface area contributed by atoms with E-state index in [1.807, 2.05) is 0 Å². The number of hydrogen-bond acceptors (Lipinski definition) is 2. The highest BCUT2D eigenvalue weighted by atomic mass is 16.3. The quantitative estimate of drug-likeness (QED) is 0.771. The molecule has 2 rings (SSSR count). The number of hydrogen-bond donors (Lipinski definition) is 2. The van der Waals surface area contributed by atoms with Crippen LogP contribution in [0.5, 0.6) is 0 Å². The van der Waals surface area contributed by atoms with Gasteiger partial charge in [0.1, 0.15) is 0 Å². The number of aliphatic hydroxyl groups is 1. The lowest BCUT2D eigenvalue weighted by Crippen LogP contribution is -2.37. The van der Waals surface area contributed by atoms with Gasteiger partial charge in [0.15, 0.2) is 0 Å². The average molecular weight is 225 g/mol. The molecule has 0 bridgehead atoms. The van der Waals surface area contributed by atoms with Gasteiger partial charge in [-0.25, -0.2) is 0 Å². The molecule has 0 amide bonds. The van der Waals surface area contributed by atoms with Gasteiger partial charge in [-0.15, -0.1) is 0 Å². The summed E-state index contributed by atoms with van der Waals surface area (Å²) in [5.41, 5.74) is 0. The third kappa shape index (κ3) is 3.74. The fourth-order valence-corrected chi connectivity index (χ4v) is 3.27. The van der Waals surface area contributed by atoms with Crippen molar-refractivity contribution in [3.8, 4) is 0 Å². The van der Waals surface area contributed by atoms with Gasteiger partial charge in [0, 0.05) is 12.6 Å². The molecule has 0 radical (unpaired) electrons. The summed E-state index contributed by atoms with van der Waals surface area (Å²) in [7, 11) is 0. The second-order valence-electron chi connectivity index (χ2n) is 5.81. The van der Waals surface area contributed by atoms with Gasteiger partial charge in [-0.1, -0.05) is 19.3 Å². The van der Waals surface area contributed by atoms with Crippen molar-refractivity contribution in [3.63, 3.8) is 0 Å². The molecule has 0 aromatic rings. The van der Waals surface area contributed by atoms with E-state index >= 15 is 0 Å². The second kappa shape index (κ2) is 6.61. The van der Waals surface area contributed by atoms with Crippen molar-refractivity contribution in [2.45, 2.75) is 63.8 Å². The third-order valence-electron chi connectivity index (χ3n) is 4.52. The van der Waals surface area contributed by atoms with Crippen LogP contribution in [0.15, 0.2) is 0 Å². The summed E-state index contributed by atoms with van der Waals surface area (Å²) < 4.78 is 0. The van der Waals surface area contributed by atoms with Crippen LogP contribution >= 0.6 is 0 Å². The minimum atomic E-state index is 0.398. The molecule has 0 saturated heterocycles. The molecule has 2 heteroatoms. The Hall–Kier alpha value is -0.0800. The van der Waals surface area contributed by atoms with Gasteiger partial charge in [-0.05, 0) is 56.9 Å². The maximum atomic E-state index is 9.09. The minimum Gasteiger partial charge on any atom is -0.396 e. The molecule has 0 spiro atoms. The highest BCUT2D eigenvalue weighted by Crippen LogP contribution is 2.26. The number of rotatable bonds is 4. The third-order valence-corrected chi connectivity index (χ3v) is 4.52. The molecule has 94 valence electrons. The molecule has 0 heterocycles. The van der Waals surface area contributed by atoms with Gasteiger partial charge in [-0.3, -0.25) is 0 Å². The Morgan fingerprint density at radius 1 is 0.812 bits per heavy atom. The van der Waals surface area contributed by atoms with Crippen LogP contribution in [0, 0.1) is 11.8 Å². The molecule has 16 heavy (non-hydrogen) atoms. The number of nitrogens with one attached hydrogen (secondary N) is 1. The SMILES string of the molecule is OCC1CCC(NCC2CCCCC2)CC1. The minimum absolute atomic E-state index is 0.398. The van der Waals surface area contributed by atoms with Crippen LogP contribution in [-0.4, -0.2) is 24.3 Å². The van der Waals surface area contributed by atoms with Crippen LogP contribution in [0.25, 0.3) is 0 Å². The van der Waals surface area contributed by atoms with Crippen molar-refractivity contribution in [1.29, 1.82) is 0 Å². The maximum Gasteiger partial charge on any atom is 0.0459 e. The normalized spacial score (nSPS) is 32.8. The van der Waals surface area contributed by atoms with Crippen LogP contribution in [0.2, 0.25) is 0 Å². The topological polar surface area (TPSA) is 32.3 Å². The average Bonchev–Trinajstić information content (AvgIpc) is 2.38. The molecule has 2 nitrogen and oxygen atoms in total. The fourth-order valence-electron chi connectivity index (χ4n) is 3.27. The Kier molecular flexibility index (Phi) is 5.11. The summed E-state index contributed by atoms with van der Waals surface area (Å²) in [5, 5.41) is 12.8. The summed E-state index contributed by atoms with van der Waals surface area (Å²) in [6, 6.07) is 0.740. The summed E-state index contributed by atoms with van der Waals surface area (Å²) in [6.07, 6.45) is 12.2. The second-order valence-corrected chi connectivity index (χ2v) is 5.81. The Morgan fingerprint density at radius 2 is 1.50 bits per heavy atom. The first kappa shape index (κ1) is 12.4. The van der Waals surface area contributed by atoms with Crippen molar-refractivity contribution in [2.24, 2.45) is 11.8 Å². The summed E-state index contributed by atoms with van der Waals surface area (Å²) >= 11 is 0. The zero-order valence-electron chi connectivity index (χ0n) is 10.5. The molecular weight excluding hydrogens is 198 g/mol. The van der Waals surface area contributed by atoms with Crippen molar-refractivity contribution >= 4 is 0 Å². The van der Waals surface area contributed by atoms with Crippen LogP contribution in [-0.2, 0) is 0 Å². The van der Waals surface area contributed by atoms with Gasteiger partial charge in [-0.2, -0.15) is 0 Å². The smallest absolute Gasteiger partial charge is 0.0459 e. The van der Waals surface area contributed by atoms with Crippen molar-refractivity contribution in [1.82, 2.24) is 5.32 Å². The van der Waals surface area contributed by atoms with Gasteiger partial charge >= 0.3 is 0 Å². The standard InChI is InChI=1S/C14H27NO/c16-11-13-6-8-14(9-7-13)15-10-12-4-2-1-3-5-12/h12-16H,1-11H2. The molecule has 0 aliphatic heterocycles. The van der Waals surface area contributed by atoms with Gasteiger partial charge in [0.2, 0.25) is 0 Å². The Balaban J connectivity index is 1.59. The van der Waals surface area contributed by atoms with E-state index in [1.165, 1.54) is 64.3 Å². The first-order valence-electron chi connectivity index (χ1n) is 7.22. The lowest BCUT2D eigenvalue weighted by molar-refractivity contribution is 0.172. The largest absolute Gasteiger partial charge is 0.396 e. The molecule has 0 aromatic heterocycles. The predicted octanol–water partition coefficient (Wildman–Crippen LogP) is 2.71. The van der Waals surface area contributed by atoms with E-state index < -0.39 is 0 Å². The van der Waals surface area contributed by atoms with E-state index in [1.54, 1.807) is 0 Å². The van der Waals surface area contributed by atoms with Crippen molar-refractivity contribution < 1.29 is 5.11 Å². The summed E-state index contributed by atoms with van der Waals surface area (Å²) in [4.78, 5) is 0. The molecule has 2 aliphatic carbocycles. The predicted molar refractivity (Wildman–Crippen MR) is 67.4 cm³/mol. The van der Waals surface area contributed by atoms with Gasteiger partial charge in [0.25, 0.3) is 0 Å². The molecule has 2 aliphatic rings. The van der Waals surface area contributed by atoms with Gasteiger partial charge in [0.05, 0.1) is 0 Å². The van der Waals surface area contributed by atoms with E-state index in [0.717, 1.165) is 12.0 Å². The molecular formula is C14H27NO. The molecule has 2 N–H and O–H groups in total. The van der Waals surface area contributed by atoms with Crippen LogP contribution < -0.4 is 5.32 Å². The molecule has 2 fully saturated rings. The summed E-state index contributed by atoms with van der Waals surface area (Å²) in [5.74, 6) is 1.54. The van der Waals surface area contributed by atoms with E-state index in [0.29, 0.717) is 12.5 Å². The maximum absolute atomic E-state index is 9.09. The molecule has 0 atom stereocenters. The highest BCUT2D eigenvalue weighted by Gasteiger charge is 2.21. The van der Waals surface area contributed by atoms with E-state index in [-0.39, 0.29) is 0 Å². The molecule has 2 saturated carbocycles. The Morgan fingerprint density at radius 3 is 2.12 bits per heavy atom. The first-order valence-corrected chi connectivity index (χ1v) is 7.22. The molecule has 0 unspecified atom stereocenters. The lowest BCUT2D eigenvalue weighted by Gasteiger charge is -2.30. The van der Waals surface area contributed by atoms with E-state index in [4.69, 9.17) is 5.11 Å². The Labute approximate surface area is 99.8 Å². The summed E-state index contributed by atoms with van der Waals surface area (Å²) in [6.45, 7) is 1.64. The van der Waals surface area contributed by atoms with Crippen LogP contribution in [0.1, 0.15) is 57.8 Å². The van der Waals surface area contributed by atoms with Crippen LogP contribution in [0.3, 0.4) is 0 Å². The first-order chi connectivity index (χ1) is 7.88. The number of aliphatic hydroxyl groups excluding tert-OH is 1. The molecule has 0 aromatic carbocycles. The van der Waals surface area contributed by atoms with E-state index in [9.17, 15) is 0 Å². The zero-order valence-corrected chi connectivity index (χ0v) is 10.5. The van der Waals surface area contributed by atoms with Gasteiger partial charge < -0.3 is 10.4 Å². The zero-order chi connectivity index (χ0) is 11.2. The van der Waals surface area contributed by atoms with Crippen molar-refractivity contribution in [3.05, 3.63) is 0 Å².